The van der Waals surface area contributed by atoms with Crippen molar-refractivity contribution < 1.29 is 213 Å². The fraction of sp³-hybridized carbons (Fsp3) is 0.918. The molecule has 14 unspecified atom stereocenters. The molecule has 39 atom stereocenters. The zero-order chi connectivity index (χ0) is 107. The van der Waals surface area contributed by atoms with Gasteiger partial charge < -0.3 is 205 Å². The molecule has 47 nitrogen and oxygen atoms in total. The molecule has 0 bridgehead atoms. The standard InChI is InChI=1S/C98H174N4O43/c1-7-9-11-13-15-17-19-21-22-23-24-25-26-27-28-29-30-32-34-36-38-40-42-44-68(116)102-58(59(111)43-41-39-37-35-33-31-20-18-16-14-12-10-8-2)52-132-91-80(125)78(123)83(66(51-107)137-91)139-93-81(126)88(75(120)64(49-105)135-93)142-90-71(101-57(6)110)87(141-94-82(127)89(76(121)65(50-106)136-94)145-98(96(130)131)46-61(113)70(100-56(5)109)86(144-98)74(119)63(115)48-104)84(140-92-79(124)77(122)72(117)54(3)134-92)67(138-90)53-133-97(95(128)129)45-60(112)69(99-55(4)108)85(143-97)73(118)62(114)47-103/h41,43,54,58-67,69-94,103-107,111-115,117-127H,7-40,42,44-53H2,1-6H3,(H,99,108)(H,100,109)(H,101,110)(H,102,116)(H,128,129)(H,130,131)/b43-41+/t54?,58-,59+,60?,61?,62+,63+,64?,65?,66?,67?,69+,70+,71?,72+,73+,74+,75-,76-,77?,78+,79-,80?,81?,82?,83+,84+,85?,86?,87+,88-,89-,90-,91+,92+,93-,94-,97+,98-/m0/s1. The van der Waals surface area contributed by atoms with E-state index in [2.05, 4.69) is 35.1 Å². The number of rotatable bonds is 69. The van der Waals surface area contributed by atoms with Crippen molar-refractivity contribution in [2.24, 2.45) is 0 Å². The van der Waals surface area contributed by atoms with E-state index in [1.54, 1.807) is 6.08 Å². The van der Waals surface area contributed by atoms with E-state index in [4.69, 9.17) is 66.3 Å². The highest BCUT2D eigenvalue weighted by molar-refractivity contribution is 5.78. The van der Waals surface area contributed by atoms with E-state index in [-0.39, 0.29) is 6.42 Å². The largest absolute Gasteiger partial charge is 0.477 e. The van der Waals surface area contributed by atoms with E-state index in [1.165, 1.54) is 161 Å². The topological polar surface area (TPSA) is 745 Å². The molecule has 4 amide bonds. The molecule has 7 heterocycles. The van der Waals surface area contributed by atoms with E-state index in [0.717, 1.165) is 85.0 Å². The van der Waals surface area contributed by atoms with E-state index in [0.29, 0.717) is 12.8 Å². The molecule has 844 valence electrons. The van der Waals surface area contributed by atoms with Gasteiger partial charge in [-0.1, -0.05) is 231 Å². The lowest BCUT2D eigenvalue weighted by molar-refractivity contribution is -0.402. The van der Waals surface area contributed by atoms with Gasteiger partial charge in [-0.05, 0) is 26.2 Å². The van der Waals surface area contributed by atoms with Crippen molar-refractivity contribution >= 4 is 35.6 Å². The second kappa shape index (κ2) is 65.6. The van der Waals surface area contributed by atoms with Crippen molar-refractivity contribution in [3.63, 3.8) is 0 Å². The summed E-state index contributed by atoms with van der Waals surface area (Å²) < 4.78 is 85.8. The van der Waals surface area contributed by atoms with Gasteiger partial charge in [0.1, 0.15) is 153 Å². The highest BCUT2D eigenvalue weighted by Crippen LogP contribution is 2.43. The molecule has 0 radical (unpaired) electrons. The summed E-state index contributed by atoms with van der Waals surface area (Å²) in [5.74, 6) is -14.6. The Morgan fingerprint density at radius 2 is 0.759 bits per heavy atom. The molecular weight excluding hydrogens is 1920 g/mol. The van der Waals surface area contributed by atoms with Gasteiger partial charge in [0.2, 0.25) is 23.6 Å². The molecule has 0 aromatic heterocycles. The highest BCUT2D eigenvalue weighted by Gasteiger charge is 2.64. The van der Waals surface area contributed by atoms with Gasteiger partial charge in [-0.2, -0.15) is 0 Å². The van der Waals surface area contributed by atoms with Crippen molar-refractivity contribution in [3.05, 3.63) is 12.2 Å². The van der Waals surface area contributed by atoms with E-state index in [9.17, 15) is 146 Å². The van der Waals surface area contributed by atoms with Gasteiger partial charge in [-0.15, -0.1) is 0 Å². The molecule has 7 rings (SSSR count). The number of hydrogen-bond donors (Lipinski definition) is 27. The summed E-state index contributed by atoms with van der Waals surface area (Å²) >= 11 is 0. The van der Waals surface area contributed by atoms with Gasteiger partial charge in [-0.25, -0.2) is 9.59 Å². The Morgan fingerprint density at radius 3 is 1.20 bits per heavy atom. The average molecular weight is 2100 g/mol. The minimum Gasteiger partial charge on any atom is -0.477 e. The van der Waals surface area contributed by atoms with Crippen LogP contribution in [-0.4, -0.2) is 437 Å². The number of carbonyl (C=O) groups is 6. The monoisotopic (exact) mass is 2100 g/mol. The van der Waals surface area contributed by atoms with Gasteiger partial charge in [0.25, 0.3) is 11.6 Å². The van der Waals surface area contributed by atoms with Crippen molar-refractivity contribution in [3.8, 4) is 0 Å². The minimum absolute atomic E-state index is 0.0956. The van der Waals surface area contributed by atoms with Crippen molar-refractivity contribution in [1.82, 2.24) is 21.3 Å². The van der Waals surface area contributed by atoms with Crippen molar-refractivity contribution in [2.75, 3.05) is 46.2 Å². The number of hydrogen-bond acceptors (Lipinski definition) is 41. The fourth-order valence-corrected chi connectivity index (χ4v) is 19.6. The number of carboxylic acids is 2. The predicted octanol–water partition coefficient (Wildman–Crippen LogP) is -1.90. The molecule has 47 heteroatoms. The van der Waals surface area contributed by atoms with Crippen LogP contribution < -0.4 is 21.3 Å². The van der Waals surface area contributed by atoms with Crippen LogP contribution in [0.3, 0.4) is 0 Å². The molecule has 0 spiro atoms. The van der Waals surface area contributed by atoms with Gasteiger partial charge in [-0.3, -0.25) is 19.2 Å². The summed E-state index contributed by atoms with van der Waals surface area (Å²) in [6.45, 7) is 0.0854. The summed E-state index contributed by atoms with van der Waals surface area (Å²) in [5, 5.41) is 272. The maximum atomic E-state index is 14.1. The molecule has 7 aliphatic rings. The van der Waals surface area contributed by atoms with Crippen LogP contribution in [0, 0.1) is 0 Å². The molecule has 7 fully saturated rings. The predicted molar refractivity (Wildman–Crippen MR) is 508 cm³/mol. The molecule has 0 saturated carbocycles. The first-order valence-corrected chi connectivity index (χ1v) is 52.6. The Hall–Kier alpha value is -4.84. The molecule has 27 N–H and O–H groups in total. The van der Waals surface area contributed by atoms with Crippen LogP contribution in [0.4, 0.5) is 0 Å². The quantitative estimate of drug-likeness (QED) is 0.0234. The van der Waals surface area contributed by atoms with E-state index >= 15 is 0 Å². The number of ether oxygens (including phenoxy) is 14. The summed E-state index contributed by atoms with van der Waals surface area (Å²) in [6.07, 6.45) is -32.9. The number of carboxylic acid groups (broad SMARTS) is 2. The number of aliphatic carboxylic acids is 2. The second-order valence-electron chi connectivity index (χ2n) is 39.9. The fourth-order valence-electron chi connectivity index (χ4n) is 19.6. The van der Waals surface area contributed by atoms with Crippen LogP contribution in [0.1, 0.15) is 286 Å². The lowest BCUT2D eigenvalue weighted by Crippen LogP contribution is -2.72. The van der Waals surface area contributed by atoms with E-state index < -0.39 is 333 Å². The zero-order valence-corrected chi connectivity index (χ0v) is 84.8. The molecule has 0 aromatic carbocycles. The number of aliphatic hydroxyl groups is 21. The van der Waals surface area contributed by atoms with Gasteiger partial charge in [0, 0.05) is 40.0 Å². The normalized spacial score (nSPS) is 35.5. The summed E-state index contributed by atoms with van der Waals surface area (Å²) in [6, 6.07) is -7.18. The third kappa shape index (κ3) is 38.4. The molecule has 7 saturated heterocycles. The van der Waals surface area contributed by atoms with Gasteiger partial charge in [0.15, 0.2) is 31.5 Å². The molecule has 0 aliphatic carbocycles. The third-order valence-electron chi connectivity index (χ3n) is 28.1. The first-order chi connectivity index (χ1) is 69.2. The maximum absolute atomic E-state index is 14.1. The van der Waals surface area contributed by atoms with Crippen molar-refractivity contribution in [2.45, 2.75) is 524 Å². The number of nitrogens with one attached hydrogen (secondary N) is 4. The Balaban J connectivity index is 1.17. The zero-order valence-electron chi connectivity index (χ0n) is 84.8. The number of allylic oxidation sites excluding steroid dienone is 1. The van der Waals surface area contributed by atoms with Gasteiger partial charge >= 0.3 is 11.9 Å². The lowest BCUT2D eigenvalue weighted by Gasteiger charge is -2.53. The maximum Gasteiger partial charge on any atom is 0.364 e. The summed E-state index contributed by atoms with van der Waals surface area (Å²) in [5.41, 5.74) is 0. The smallest absolute Gasteiger partial charge is 0.364 e. The molecule has 145 heavy (non-hydrogen) atoms. The molecular formula is C98H174N4O43. The van der Waals surface area contributed by atoms with Crippen LogP contribution >= 0.6 is 0 Å². The first kappa shape index (κ1) is 127. The van der Waals surface area contributed by atoms with Crippen LogP contribution in [-0.2, 0) is 95.1 Å². The van der Waals surface area contributed by atoms with Crippen LogP contribution in [0.5, 0.6) is 0 Å². The Bertz CT molecular complexity index is 3670. The lowest BCUT2D eigenvalue weighted by atomic mass is 9.88. The minimum atomic E-state index is -3.45. The number of unbranched alkanes of at least 4 members (excludes halogenated alkanes) is 33. The Labute approximate surface area is 847 Å². The van der Waals surface area contributed by atoms with Crippen LogP contribution in [0.2, 0.25) is 0 Å². The first-order valence-electron chi connectivity index (χ1n) is 52.6. The highest BCUT2D eigenvalue weighted by atomic mass is 16.8. The van der Waals surface area contributed by atoms with Gasteiger partial charge in [0.05, 0.1) is 88.8 Å². The SMILES string of the molecule is CCCCCCCCCCCCC/C=C/[C@@H](O)[C@H](CO[C@@H]1OC(CO)[C@@H](O[C@@H]2OC(CO)[C@H](O)[C@H](O[C@@H]3OC(CO[C@]4(C(=O)O)CC(O)[C@@H](NC(C)=O)C([C@H](O)[C@H](O)CO)O4)[C@@H](O[C@H]4OC(C)[C@@H](O)C(O)[C@@H]4O)[C@H](O[C@@H]4OC(CO)[C@H](O)[C@H](O[C@]5(C(=O)O)CC(O)[C@@H](NC(C)=O)C([C@H](O)[C@H](O)CO)O5)C4O)C3NC(C)=O)C2O)[C@H](O)C1O)NC(=O)CCCCCCCCCCCCCCCCCCCCCCCCC. The third-order valence-corrected chi connectivity index (χ3v) is 28.1. The second-order valence-corrected chi connectivity index (χ2v) is 39.9. The Morgan fingerprint density at radius 1 is 0.386 bits per heavy atom. The number of aliphatic hydroxyl groups excluding tert-OH is 21. The van der Waals surface area contributed by atoms with Crippen LogP contribution in [0.25, 0.3) is 0 Å². The summed E-state index contributed by atoms with van der Waals surface area (Å²) in [7, 11) is 0. The van der Waals surface area contributed by atoms with Crippen molar-refractivity contribution in [1.29, 1.82) is 0 Å². The Kier molecular flexibility index (Phi) is 57.5. The summed E-state index contributed by atoms with van der Waals surface area (Å²) in [4.78, 5) is 80.7. The molecule has 0 aromatic rings. The average Bonchev–Trinajstić information content (AvgIpc) is 0.743. The molecule has 7 aliphatic heterocycles. The number of amides is 4. The van der Waals surface area contributed by atoms with E-state index in [1.807, 2.05) is 0 Å². The van der Waals surface area contributed by atoms with Crippen LogP contribution in [0.15, 0.2) is 12.2 Å². The number of carbonyl (C=O) groups excluding carboxylic acids is 4.